The molecule has 5 heteroatoms. The van der Waals surface area contributed by atoms with Crippen LogP contribution >= 0.6 is 0 Å². The van der Waals surface area contributed by atoms with Gasteiger partial charge in [-0.1, -0.05) is 6.92 Å². The highest BCUT2D eigenvalue weighted by Crippen LogP contribution is 2.29. The number of β-amino-alcohol motifs (C(OH)–C–C–N with tert-alkyl or cyclic N) is 1. The predicted octanol–water partition coefficient (Wildman–Crippen LogP) is 1.83. The number of aryl methyl sites for hydroxylation is 1. The van der Waals surface area contributed by atoms with Crippen molar-refractivity contribution in [2.24, 2.45) is 5.73 Å². The van der Waals surface area contributed by atoms with Crippen molar-refractivity contribution in [3.63, 3.8) is 0 Å². The molecule has 1 aromatic heterocycles. The summed E-state index contributed by atoms with van der Waals surface area (Å²) in [4.78, 5) is 4.79. The van der Waals surface area contributed by atoms with Gasteiger partial charge in [-0.2, -0.15) is 0 Å². The number of piperazine rings is 1. The lowest BCUT2D eigenvalue weighted by molar-refractivity contribution is 0.104. The molecule has 2 heterocycles. The van der Waals surface area contributed by atoms with Gasteiger partial charge in [0.1, 0.15) is 5.58 Å². The van der Waals surface area contributed by atoms with Crippen LogP contribution in [0, 0.1) is 0 Å². The van der Waals surface area contributed by atoms with Crippen LogP contribution in [0.1, 0.15) is 18.9 Å². The topological polar surface area (TPSA) is 65.9 Å². The van der Waals surface area contributed by atoms with Gasteiger partial charge < -0.3 is 20.2 Å². The van der Waals surface area contributed by atoms with Gasteiger partial charge in [-0.3, -0.25) is 4.90 Å². The number of nitrogens with zero attached hydrogens (tertiary/aromatic N) is 2. The molecule has 1 unspecified atom stereocenters. The molecule has 126 valence electrons. The van der Waals surface area contributed by atoms with E-state index in [1.807, 2.05) is 6.07 Å². The third-order valence-corrected chi connectivity index (χ3v) is 4.72. The Morgan fingerprint density at radius 1 is 1.26 bits per heavy atom. The number of hydrogen-bond donors (Lipinski definition) is 2. The Morgan fingerprint density at radius 3 is 2.74 bits per heavy atom. The molecule has 1 saturated heterocycles. The molecule has 0 aliphatic carbocycles. The average molecular weight is 317 g/mol. The van der Waals surface area contributed by atoms with Crippen LogP contribution in [0.5, 0.6) is 0 Å². The lowest BCUT2D eigenvalue weighted by Crippen LogP contribution is -2.49. The van der Waals surface area contributed by atoms with Crippen LogP contribution in [0.15, 0.2) is 28.9 Å². The van der Waals surface area contributed by atoms with Crippen LogP contribution in [0.4, 0.5) is 5.69 Å². The number of aliphatic hydroxyl groups excluding tert-OH is 1. The van der Waals surface area contributed by atoms with Gasteiger partial charge in [0, 0.05) is 43.8 Å². The van der Waals surface area contributed by atoms with Crippen LogP contribution in [0.2, 0.25) is 0 Å². The highest BCUT2D eigenvalue weighted by atomic mass is 16.3. The molecule has 0 bridgehead atoms. The van der Waals surface area contributed by atoms with Crippen LogP contribution < -0.4 is 10.6 Å². The fourth-order valence-corrected chi connectivity index (χ4v) is 3.37. The molecule has 3 N–H and O–H groups in total. The second kappa shape index (κ2) is 7.34. The Balaban J connectivity index is 1.67. The molecular weight excluding hydrogens is 290 g/mol. The number of furan rings is 1. The molecular formula is C18H27N3O2. The maximum Gasteiger partial charge on any atom is 0.134 e. The van der Waals surface area contributed by atoms with E-state index in [2.05, 4.69) is 28.9 Å². The molecule has 1 atom stereocenters. The van der Waals surface area contributed by atoms with E-state index in [0.29, 0.717) is 13.0 Å². The monoisotopic (exact) mass is 317 g/mol. The van der Waals surface area contributed by atoms with Crippen molar-refractivity contribution >= 4 is 16.7 Å². The lowest BCUT2D eigenvalue weighted by atomic mass is 10.1. The first-order valence-electron chi connectivity index (χ1n) is 8.56. The van der Waals surface area contributed by atoms with Gasteiger partial charge in [0.25, 0.3) is 0 Å². The standard InChI is InChI=1S/C18H27N3O2/c1-2-14-12-18-15(4-10-23-18)11-17(14)21-8-6-20(7-9-21)13-16(22)3-5-19/h4,10-12,16,22H,2-3,5-9,13,19H2,1H3. The number of hydrogen-bond acceptors (Lipinski definition) is 5. The van der Waals surface area contributed by atoms with Crippen molar-refractivity contribution in [2.45, 2.75) is 25.9 Å². The zero-order chi connectivity index (χ0) is 16.2. The van der Waals surface area contributed by atoms with E-state index in [0.717, 1.165) is 50.1 Å². The maximum absolute atomic E-state index is 9.92. The first kappa shape index (κ1) is 16.3. The Morgan fingerprint density at radius 2 is 2.04 bits per heavy atom. The number of anilines is 1. The van der Waals surface area contributed by atoms with Gasteiger partial charge in [-0.05, 0) is 43.1 Å². The number of nitrogens with two attached hydrogens (primary N) is 1. The quantitative estimate of drug-likeness (QED) is 0.851. The van der Waals surface area contributed by atoms with Crippen LogP contribution in [-0.4, -0.2) is 55.4 Å². The molecule has 1 aliphatic rings. The van der Waals surface area contributed by atoms with E-state index < -0.39 is 0 Å². The predicted molar refractivity (Wildman–Crippen MR) is 93.9 cm³/mol. The van der Waals surface area contributed by atoms with E-state index >= 15 is 0 Å². The summed E-state index contributed by atoms with van der Waals surface area (Å²) in [5, 5.41) is 11.1. The summed E-state index contributed by atoms with van der Waals surface area (Å²) in [7, 11) is 0. The minimum absolute atomic E-state index is 0.306. The molecule has 1 aromatic carbocycles. The second-order valence-electron chi connectivity index (χ2n) is 6.31. The number of benzene rings is 1. The molecule has 0 spiro atoms. The molecule has 0 saturated carbocycles. The van der Waals surface area contributed by atoms with E-state index in [1.165, 1.54) is 11.3 Å². The van der Waals surface area contributed by atoms with E-state index in [-0.39, 0.29) is 6.10 Å². The average Bonchev–Trinajstić information content (AvgIpc) is 3.02. The largest absolute Gasteiger partial charge is 0.464 e. The fraction of sp³-hybridized carbons (Fsp3) is 0.556. The van der Waals surface area contributed by atoms with Crippen LogP contribution in [0.3, 0.4) is 0 Å². The zero-order valence-electron chi connectivity index (χ0n) is 13.9. The molecule has 1 fully saturated rings. The molecule has 23 heavy (non-hydrogen) atoms. The minimum atomic E-state index is -0.306. The highest BCUT2D eigenvalue weighted by molar-refractivity contribution is 5.83. The molecule has 2 aromatic rings. The molecule has 3 rings (SSSR count). The van der Waals surface area contributed by atoms with Gasteiger partial charge >= 0.3 is 0 Å². The van der Waals surface area contributed by atoms with Gasteiger partial charge in [0.05, 0.1) is 12.4 Å². The Hall–Kier alpha value is -1.56. The summed E-state index contributed by atoms with van der Waals surface area (Å²) in [6, 6.07) is 6.44. The van der Waals surface area contributed by atoms with Crippen molar-refractivity contribution in [1.29, 1.82) is 0 Å². The Bertz CT molecular complexity index is 632. The summed E-state index contributed by atoms with van der Waals surface area (Å²) in [6.07, 6.45) is 3.13. The van der Waals surface area contributed by atoms with Crippen molar-refractivity contribution in [1.82, 2.24) is 4.90 Å². The summed E-state index contributed by atoms with van der Waals surface area (Å²) in [5.74, 6) is 0. The summed E-state index contributed by atoms with van der Waals surface area (Å²) in [5.41, 5.74) is 9.13. The van der Waals surface area contributed by atoms with Crippen LogP contribution in [0.25, 0.3) is 11.0 Å². The SMILES string of the molecule is CCc1cc2occc2cc1N1CCN(CC(O)CCN)CC1. The van der Waals surface area contributed by atoms with Crippen molar-refractivity contribution < 1.29 is 9.52 Å². The first-order valence-corrected chi connectivity index (χ1v) is 8.56. The summed E-state index contributed by atoms with van der Waals surface area (Å²) < 4.78 is 5.52. The van der Waals surface area contributed by atoms with E-state index in [1.54, 1.807) is 6.26 Å². The third kappa shape index (κ3) is 3.68. The highest BCUT2D eigenvalue weighted by Gasteiger charge is 2.21. The smallest absolute Gasteiger partial charge is 0.134 e. The summed E-state index contributed by atoms with van der Waals surface area (Å²) in [6.45, 7) is 7.41. The minimum Gasteiger partial charge on any atom is -0.464 e. The lowest BCUT2D eigenvalue weighted by Gasteiger charge is -2.37. The van der Waals surface area contributed by atoms with Crippen molar-refractivity contribution in [3.8, 4) is 0 Å². The number of rotatable bonds is 6. The van der Waals surface area contributed by atoms with Gasteiger partial charge in [-0.15, -0.1) is 0 Å². The van der Waals surface area contributed by atoms with Gasteiger partial charge in [-0.25, -0.2) is 0 Å². The molecule has 1 aliphatic heterocycles. The number of fused-ring (bicyclic) bond motifs is 1. The fourth-order valence-electron chi connectivity index (χ4n) is 3.37. The summed E-state index contributed by atoms with van der Waals surface area (Å²) >= 11 is 0. The zero-order valence-corrected chi connectivity index (χ0v) is 13.9. The molecule has 5 nitrogen and oxygen atoms in total. The van der Waals surface area contributed by atoms with Crippen molar-refractivity contribution in [2.75, 3.05) is 44.2 Å². The van der Waals surface area contributed by atoms with Gasteiger partial charge in [0.2, 0.25) is 0 Å². The van der Waals surface area contributed by atoms with Gasteiger partial charge in [0.15, 0.2) is 0 Å². The van der Waals surface area contributed by atoms with E-state index in [9.17, 15) is 5.11 Å². The Labute approximate surface area is 137 Å². The molecule has 0 amide bonds. The first-order chi connectivity index (χ1) is 11.2. The second-order valence-corrected chi connectivity index (χ2v) is 6.31. The molecule has 0 radical (unpaired) electrons. The third-order valence-electron chi connectivity index (χ3n) is 4.72. The van der Waals surface area contributed by atoms with E-state index in [4.69, 9.17) is 10.2 Å². The van der Waals surface area contributed by atoms with Crippen LogP contribution in [-0.2, 0) is 6.42 Å². The Kier molecular flexibility index (Phi) is 5.20. The van der Waals surface area contributed by atoms with Crippen molar-refractivity contribution in [3.05, 3.63) is 30.0 Å². The maximum atomic E-state index is 9.92. The normalized spacial score (nSPS) is 17.8. The number of aliphatic hydroxyl groups is 1.